The zero-order valence-corrected chi connectivity index (χ0v) is 10.6. The van der Waals surface area contributed by atoms with E-state index >= 15 is 0 Å². The maximum Gasteiger partial charge on any atom is 0.203 e. The van der Waals surface area contributed by atoms with Gasteiger partial charge in [0.1, 0.15) is 0 Å². The predicted octanol–water partition coefficient (Wildman–Crippen LogP) is 3.33. The molecule has 0 aliphatic heterocycles. The summed E-state index contributed by atoms with van der Waals surface area (Å²) >= 11 is 12.0. The third-order valence-corrected chi connectivity index (χ3v) is 3.13. The van der Waals surface area contributed by atoms with Gasteiger partial charge in [0.2, 0.25) is 5.78 Å². The first-order valence-corrected chi connectivity index (χ1v) is 5.75. The van der Waals surface area contributed by atoms with E-state index < -0.39 is 5.00 Å². The molecule has 0 aliphatic carbocycles. The van der Waals surface area contributed by atoms with Crippen molar-refractivity contribution in [3.63, 3.8) is 0 Å². The molecule has 2 aromatic rings. The molecule has 1 aromatic heterocycles. The average molecular weight is 269 g/mol. The van der Waals surface area contributed by atoms with Gasteiger partial charge in [-0.3, -0.25) is 4.79 Å². The van der Waals surface area contributed by atoms with Crippen molar-refractivity contribution >= 4 is 29.0 Å². The summed E-state index contributed by atoms with van der Waals surface area (Å²) in [6.07, 6.45) is 4.75. The zero-order chi connectivity index (χ0) is 12.5. The molecule has 0 fully saturated rings. The van der Waals surface area contributed by atoms with Crippen molar-refractivity contribution in [1.82, 2.24) is 9.55 Å². The van der Waals surface area contributed by atoms with Crippen molar-refractivity contribution in [2.45, 2.75) is 11.9 Å². The number of carbonyl (C=O) groups excluding carboxylic acids is 1. The van der Waals surface area contributed by atoms with E-state index in [0.29, 0.717) is 10.6 Å². The topological polar surface area (TPSA) is 34.9 Å². The van der Waals surface area contributed by atoms with Gasteiger partial charge in [-0.15, -0.1) is 0 Å². The molecule has 88 valence electrons. The van der Waals surface area contributed by atoms with Gasteiger partial charge in [-0.25, -0.2) is 4.98 Å². The number of hydrogen-bond donors (Lipinski definition) is 0. The van der Waals surface area contributed by atoms with Gasteiger partial charge in [0.05, 0.1) is 6.33 Å². The van der Waals surface area contributed by atoms with E-state index in [2.05, 4.69) is 4.98 Å². The van der Waals surface area contributed by atoms with Crippen molar-refractivity contribution in [2.75, 3.05) is 0 Å². The van der Waals surface area contributed by atoms with Crippen molar-refractivity contribution in [3.8, 4) is 0 Å². The van der Waals surface area contributed by atoms with E-state index in [4.69, 9.17) is 23.2 Å². The van der Waals surface area contributed by atoms with E-state index in [0.717, 1.165) is 0 Å². The van der Waals surface area contributed by atoms with Gasteiger partial charge in [0.25, 0.3) is 0 Å². The summed E-state index contributed by atoms with van der Waals surface area (Å²) in [6, 6.07) is 6.63. The molecule has 1 heterocycles. The number of Topliss-reactive ketones (excluding diaryl/α,β-unsaturated/α-hetero) is 1. The van der Waals surface area contributed by atoms with E-state index in [9.17, 15) is 4.79 Å². The van der Waals surface area contributed by atoms with Gasteiger partial charge < -0.3 is 4.57 Å². The highest BCUT2D eigenvalue weighted by Gasteiger charge is 2.32. The molecule has 0 amide bonds. The molecule has 1 unspecified atom stereocenters. The number of hydrogen-bond acceptors (Lipinski definition) is 2. The molecular weight excluding hydrogens is 259 g/mol. The first-order valence-electron chi connectivity index (χ1n) is 4.99. The first-order chi connectivity index (χ1) is 8.01. The normalized spacial score (nSPS) is 14.3. The van der Waals surface area contributed by atoms with Crippen molar-refractivity contribution in [2.24, 2.45) is 0 Å². The molecule has 0 aliphatic rings. The fourth-order valence-electron chi connectivity index (χ4n) is 1.49. The van der Waals surface area contributed by atoms with E-state index in [1.807, 2.05) is 0 Å². The van der Waals surface area contributed by atoms with Crippen LogP contribution < -0.4 is 0 Å². The summed E-state index contributed by atoms with van der Waals surface area (Å²) in [5.41, 5.74) is 0.514. The molecule has 2 rings (SSSR count). The molecule has 1 aromatic carbocycles. The van der Waals surface area contributed by atoms with Gasteiger partial charge in [0, 0.05) is 23.0 Å². The van der Waals surface area contributed by atoms with Crippen molar-refractivity contribution in [1.29, 1.82) is 0 Å². The predicted molar refractivity (Wildman–Crippen MR) is 67.5 cm³/mol. The van der Waals surface area contributed by atoms with Crippen LogP contribution in [0.15, 0.2) is 43.0 Å². The van der Waals surface area contributed by atoms with Crippen LogP contribution in [0.1, 0.15) is 17.3 Å². The second-order valence-electron chi connectivity index (χ2n) is 3.76. The number of aromatic nitrogens is 2. The Kier molecular flexibility index (Phi) is 3.22. The molecule has 3 nitrogen and oxygen atoms in total. The summed E-state index contributed by atoms with van der Waals surface area (Å²) in [5, 5.41) is 0.584. The van der Waals surface area contributed by atoms with Crippen LogP contribution >= 0.6 is 23.2 Å². The number of rotatable bonds is 3. The summed E-state index contributed by atoms with van der Waals surface area (Å²) in [7, 11) is 0. The second-order valence-corrected chi connectivity index (χ2v) is 4.93. The lowest BCUT2D eigenvalue weighted by Gasteiger charge is -2.22. The van der Waals surface area contributed by atoms with E-state index in [-0.39, 0.29) is 5.78 Å². The third kappa shape index (κ3) is 2.35. The standard InChI is InChI=1S/C12H10Cl2N2O/c1-12(14,16-7-6-15-8-16)11(17)9-2-4-10(13)5-3-9/h2-8H,1H3. The largest absolute Gasteiger partial charge is 0.311 e. The van der Waals surface area contributed by atoms with Gasteiger partial charge in [-0.2, -0.15) is 0 Å². The molecule has 0 radical (unpaired) electrons. The van der Waals surface area contributed by atoms with Crippen LogP contribution in [0.25, 0.3) is 0 Å². The van der Waals surface area contributed by atoms with Gasteiger partial charge in [-0.1, -0.05) is 23.2 Å². The Bertz CT molecular complexity index is 518. The number of nitrogens with zero attached hydrogens (tertiary/aromatic N) is 2. The average Bonchev–Trinajstić information content (AvgIpc) is 2.83. The zero-order valence-electron chi connectivity index (χ0n) is 9.10. The lowest BCUT2D eigenvalue weighted by atomic mass is 10.1. The summed E-state index contributed by atoms with van der Waals surface area (Å²) in [4.78, 5) is 15.0. The lowest BCUT2D eigenvalue weighted by molar-refractivity contribution is 0.0905. The summed E-state index contributed by atoms with van der Waals surface area (Å²) < 4.78 is 1.56. The van der Waals surface area contributed by atoms with E-state index in [1.54, 1.807) is 48.1 Å². The molecule has 0 spiro atoms. The van der Waals surface area contributed by atoms with Gasteiger partial charge in [0.15, 0.2) is 5.00 Å². The van der Waals surface area contributed by atoms with Crippen LogP contribution in [0.3, 0.4) is 0 Å². The highest BCUT2D eigenvalue weighted by molar-refractivity contribution is 6.35. The number of benzene rings is 1. The van der Waals surface area contributed by atoms with Crippen LogP contribution in [0.2, 0.25) is 5.02 Å². The fourth-order valence-corrected chi connectivity index (χ4v) is 1.82. The van der Waals surface area contributed by atoms with Crippen LogP contribution in [0, 0.1) is 0 Å². The van der Waals surface area contributed by atoms with Gasteiger partial charge >= 0.3 is 0 Å². The SMILES string of the molecule is CC(Cl)(C(=O)c1ccc(Cl)cc1)n1ccnc1. The van der Waals surface area contributed by atoms with Crippen LogP contribution in [-0.2, 0) is 5.00 Å². The number of ketones is 1. The monoisotopic (exact) mass is 268 g/mol. The molecular formula is C12H10Cl2N2O. The Morgan fingerprint density at radius 3 is 2.53 bits per heavy atom. The van der Waals surface area contributed by atoms with Crippen molar-refractivity contribution < 1.29 is 4.79 Å². The maximum atomic E-state index is 12.3. The number of alkyl halides is 1. The molecule has 0 N–H and O–H groups in total. The molecule has 5 heteroatoms. The molecule has 1 atom stereocenters. The number of halogens is 2. The maximum absolute atomic E-state index is 12.3. The van der Waals surface area contributed by atoms with Crippen LogP contribution in [-0.4, -0.2) is 15.3 Å². The minimum absolute atomic E-state index is 0.200. The molecule has 0 saturated heterocycles. The quantitative estimate of drug-likeness (QED) is 0.632. The summed E-state index contributed by atoms with van der Waals surface area (Å²) in [5.74, 6) is -0.200. The number of carbonyl (C=O) groups is 1. The van der Waals surface area contributed by atoms with Gasteiger partial charge in [-0.05, 0) is 31.2 Å². The smallest absolute Gasteiger partial charge is 0.203 e. The Labute approximate surface area is 109 Å². The Balaban J connectivity index is 2.34. The highest BCUT2D eigenvalue weighted by Crippen LogP contribution is 2.26. The lowest BCUT2D eigenvalue weighted by Crippen LogP contribution is -2.32. The number of imidazole rings is 1. The molecule has 0 bridgehead atoms. The van der Waals surface area contributed by atoms with E-state index in [1.165, 1.54) is 6.33 Å². The Hall–Kier alpha value is -1.32. The third-order valence-electron chi connectivity index (χ3n) is 2.51. The minimum Gasteiger partial charge on any atom is -0.311 e. The van der Waals surface area contributed by atoms with Crippen molar-refractivity contribution in [3.05, 3.63) is 53.6 Å². The second kappa shape index (κ2) is 4.51. The molecule has 17 heavy (non-hydrogen) atoms. The fraction of sp³-hybridized carbons (Fsp3) is 0.167. The highest BCUT2D eigenvalue weighted by atomic mass is 35.5. The minimum atomic E-state index is -1.18. The summed E-state index contributed by atoms with van der Waals surface area (Å²) in [6.45, 7) is 1.63. The first kappa shape index (κ1) is 12.1. The molecule has 0 saturated carbocycles. The Morgan fingerprint density at radius 1 is 1.35 bits per heavy atom. The van der Waals surface area contributed by atoms with Crippen LogP contribution in [0.4, 0.5) is 0 Å². The Morgan fingerprint density at radius 2 is 2.00 bits per heavy atom. The van der Waals surface area contributed by atoms with Crippen LogP contribution in [0.5, 0.6) is 0 Å².